The van der Waals surface area contributed by atoms with E-state index in [1.54, 1.807) is 18.2 Å². The zero-order valence-corrected chi connectivity index (χ0v) is 15.6. The molecule has 0 heterocycles. The minimum atomic E-state index is -1.02. The van der Waals surface area contributed by atoms with Gasteiger partial charge in [-0.3, -0.25) is 14.4 Å². The lowest BCUT2D eigenvalue weighted by Crippen LogP contribution is -2.30. The Morgan fingerprint density at radius 2 is 1.81 bits per heavy atom. The summed E-state index contributed by atoms with van der Waals surface area (Å²) in [7, 11) is 1.48. The van der Waals surface area contributed by atoms with E-state index in [-0.39, 0.29) is 6.42 Å². The first-order valence-corrected chi connectivity index (χ1v) is 8.40. The van der Waals surface area contributed by atoms with Crippen molar-refractivity contribution in [3.63, 3.8) is 0 Å². The second-order valence-electron chi connectivity index (χ2n) is 5.70. The Balaban J connectivity index is 1.94. The Hall–Kier alpha value is -3.06. The number of nitrogens with two attached hydrogens (primary N) is 1. The highest BCUT2D eigenvalue weighted by Gasteiger charge is 2.19. The summed E-state index contributed by atoms with van der Waals surface area (Å²) in [5, 5.41) is 3.06. The van der Waals surface area contributed by atoms with Crippen LogP contribution in [0.25, 0.3) is 0 Å². The van der Waals surface area contributed by atoms with Gasteiger partial charge in [0.2, 0.25) is 5.91 Å². The third-order valence-electron chi connectivity index (χ3n) is 3.69. The summed E-state index contributed by atoms with van der Waals surface area (Å²) in [6.07, 6.45) is -1.10. The maximum absolute atomic E-state index is 12.2. The van der Waals surface area contributed by atoms with Gasteiger partial charge in [-0.2, -0.15) is 0 Å². The van der Waals surface area contributed by atoms with E-state index >= 15 is 0 Å². The standard InChI is InChI=1S/C19H19ClN2O5/c1-11(19(25)22-15-6-3-12(4-7-15)18(21)24)27-17(23)10-13-9-14(20)5-8-16(13)26-2/h3-9,11H,10H2,1-2H3,(H2,21,24)(H,22,25)/t11-/m0/s1. The molecule has 0 spiro atoms. The van der Waals surface area contributed by atoms with Crippen LogP contribution in [0.15, 0.2) is 42.5 Å². The predicted octanol–water partition coefficient (Wildman–Crippen LogP) is 2.56. The van der Waals surface area contributed by atoms with Crippen molar-refractivity contribution < 1.29 is 23.9 Å². The molecule has 0 aliphatic rings. The van der Waals surface area contributed by atoms with Crippen molar-refractivity contribution in [2.75, 3.05) is 12.4 Å². The molecule has 7 nitrogen and oxygen atoms in total. The highest BCUT2D eigenvalue weighted by atomic mass is 35.5. The molecule has 0 fully saturated rings. The van der Waals surface area contributed by atoms with E-state index < -0.39 is 23.9 Å². The number of hydrogen-bond acceptors (Lipinski definition) is 5. The van der Waals surface area contributed by atoms with Crippen molar-refractivity contribution in [2.45, 2.75) is 19.4 Å². The van der Waals surface area contributed by atoms with Gasteiger partial charge in [-0.05, 0) is 49.4 Å². The number of halogens is 1. The Labute approximate surface area is 161 Å². The van der Waals surface area contributed by atoms with Crippen LogP contribution in [0.4, 0.5) is 5.69 Å². The first-order valence-electron chi connectivity index (χ1n) is 8.02. The highest BCUT2D eigenvalue weighted by molar-refractivity contribution is 6.30. The van der Waals surface area contributed by atoms with Gasteiger partial charge >= 0.3 is 5.97 Å². The molecular weight excluding hydrogens is 372 g/mol. The van der Waals surface area contributed by atoms with Crippen LogP contribution in [0.2, 0.25) is 5.02 Å². The number of amides is 2. The van der Waals surface area contributed by atoms with Crippen LogP contribution in [0, 0.1) is 0 Å². The molecule has 1 atom stereocenters. The summed E-state index contributed by atoms with van der Waals surface area (Å²) >= 11 is 5.93. The SMILES string of the molecule is COc1ccc(Cl)cc1CC(=O)O[C@@H](C)C(=O)Nc1ccc(C(N)=O)cc1. The predicted molar refractivity (Wildman–Crippen MR) is 101 cm³/mol. The zero-order chi connectivity index (χ0) is 20.0. The van der Waals surface area contributed by atoms with Gasteiger partial charge in [0.1, 0.15) is 5.75 Å². The minimum absolute atomic E-state index is 0.0886. The lowest BCUT2D eigenvalue weighted by Gasteiger charge is -2.14. The van der Waals surface area contributed by atoms with E-state index in [0.29, 0.717) is 27.6 Å². The molecule has 27 heavy (non-hydrogen) atoms. The zero-order valence-electron chi connectivity index (χ0n) is 14.8. The smallest absolute Gasteiger partial charge is 0.311 e. The monoisotopic (exact) mass is 390 g/mol. The molecule has 0 saturated carbocycles. The molecule has 0 aliphatic carbocycles. The lowest BCUT2D eigenvalue weighted by atomic mass is 10.1. The van der Waals surface area contributed by atoms with Gasteiger partial charge in [0.05, 0.1) is 13.5 Å². The molecule has 0 bridgehead atoms. The molecule has 0 unspecified atom stereocenters. The fourth-order valence-corrected chi connectivity index (χ4v) is 2.49. The number of methoxy groups -OCH3 is 1. The third-order valence-corrected chi connectivity index (χ3v) is 3.93. The molecule has 2 rings (SSSR count). The fraction of sp³-hybridized carbons (Fsp3) is 0.211. The quantitative estimate of drug-likeness (QED) is 0.706. The topological polar surface area (TPSA) is 108 Å². The van der Waals surface area contributed by atoms with Crippen molar-refractivity contribution in [3.8, 4) is 5.75 Å². The van der Waals surface area contributed by atoms with Gasteiger partial charge < -0.3 is 20.5 Å². The number of anilines is 1. The number of nitrogens with one attached hydrogen (secondary N) is 1. The maximum atomic E-state index is 12.2. The van der Waals surface area contributed by atoms with E-state index in [0.717, 1.165) is 0 Å². The fourth-order valence-electron chi connectivity index (χ4n) is 2.29. The maximum Gasteiger partial charge on any atom is 0.311 e. The molecule has 0 aliphatic heterocycles. The van der Waals surface area contributed by atoms with Crippen molar-refractivity contribution in [1.82, 2.24) is 0 Å². The van der Waals surface area contributed by atoms with Gasteiger partial charge in [0.25, 0.3) is 5.91 Å². The van der Waals surface area contributed by atoms with Crippen LogP contribution in [-0.2, 0) is 20.7 Å². The van der Waals surface area contributed by atoms with Gasteiger partial charge in [-0.15, -0.1) is 0 Å². The summed E-state index contributed by atoms with van der Waals surface area (Å²) in [6.45, 7) is 1.46. The highest BCUT2D eigenvalue weighted by Crippen LogP contribution is 2.23. The van der Waals surface area contributed by atoms with Crippen molar-refractivity contribution in [1.29, 1.82) is 0 Å². The molecule has 0 saturated heterocycles. The molecule has 2 aromatic rings. The van der Waals surface area contributed by atoms with Crippen molar-refractivity contribution >= 4 is 35.1 Å². The average molecular weight is 391 g/mol. The molecule has 2 amide bonds. The summed E-state index contributed by atoms with van der Waals surface area (Å²) in [5.74, 6) is -1.16. The first kappa shape index (κ1) is 20.3. The number of hydrogen-bond donors (Lipinski definition) is 2. The molecule has 3 N–H and O–H groups in total. The summed E-state index contributed by atoms with van der Waals surface area (Å²) < 4.78 is 10.3. The summed E-state index contributed by atoms with van der Waals surface area (Å²) in [6, 6.07) is 10.9. The second-order valence-corrected chi connectivity index (χ2v) is 6.13. The molecular formula is C19H19ClN2O5. The Bertz CT molecular complexity index is 852. The Morgan fingerprint density at radius 1 is 1.15 bits per heavy atom. The Kier molecular flexibility index (Phi) is 6.79. The van der Waals surface area contributed by atoms with Crippen LogP contribution in [0.3, 0.4) is 0 Å². The van der Waals surface area contributed by atoms with Gasteiger partial charge in [0.15, 0.2) is 6.10 Å². The van der Waals surface area contributed by atoms with Gasteiger partial charge in [-0.1, -0.05) is 11.6 Å². The number of primary amides is 1. The van der Waals surface area contributed by atoms with Gasteiger partial charge in [-0.25, -0.2) is 0 Å². The van der Waals surface area contributed by atoms with Crippen molar-refractivity contribution in [2.24, 2.45) is 5.73 Å². The molecule has 0 radical (unpaired) electrons. The number of esters is 1. The molecule has 0 aromatic heterocycles. The molecule has 2 aromatic carbocycles. The molecule has 8 heteroatoms. The van der Waals surface area contributed by atoms with E-state index in [1.807, 2.05) is 0 Å². The van der Waals surface area contributed by atoms with Crippen LogP contribution >= 0.6 is 11.6 Å². The van der Waals surface area contributed by atoms with E-state index in [9.17, 15) is 14.4 Å². The van der Waals surface area contributed by atoms with E-state index in [2.05, 4.69) is 5.32 Å². The number of ether oxygens (including phenoxy) is 2. The first-order chi connectivity index (χ1) is 12.8. The largest absolute Gasteiger partial charge is 0.496 e. The lowest BCUT2D eigenvalue weighted by molar-refractivity contribution is -0.152. The van der Waals surface area contributed by atoms with Crippen LogP contribution in [0.1, 0.15) is 22.8 Å². The van der Waals surface area contributed by atoms with E-state index in [1.165, 1.54) is 38.3 Å². The number of benzene rings is 2. The molecule has 142 valence electrons. The van der Waals surface area contributed by atoms with Crippen LogP contribution in [-0.4, -0.2) is 31.0 Å². The van der Waals surface area contributed by atoms with Crippen LogP contribution < -0.4 is 15.8 Å². The second kappa shape index (κ2) is 9.05. The number of carbonyl (C=O) groups is 3. The average Bonchev–Trinajstić information content (AvgIpc) is 2.62. The summed E-state index contributed by atoms with van der Waals surface area (Å²) in [4.78, 5) is 35.3. The van der Waals surface area contributed by atoms with Crippen molar-refractivity contribution in [3.05, 3.63) is 58.6 Å². The third kappa shape index (κ3) is 5.72. The summed E-state index contributed by atoms with van der Waals surface area (Å²) in [5.41, 5.74) is 6.49. The van der Waals surface area contributed by atoms with Crippen LogP contribution in [0.5, 0.6) is 5.75 Å². The number of carbonyl (C=O) groups excluding carboxylic acids is 3. The normalized spacial score (nSPS) is 11.4. The van der Waals surface area contributed by atoms with Gasteiger partial charge in [0, 0.05) is 21.8 Å². The Morgan fingerprint density at radius 3 is 2.41 bits per heavy atom. The van der Waals surface area contributed by atoms with E-state index in [4.69, 9.17) is 26.8 Å². The number of rotatable bonds is 7. The minimum Gasteiger partial charge on any atom is -0.496 e.